The van der Waals surface area contributed by atoms with Crippen molar-refractivity contribution in [3.05, 3.63) is 49.7 Å². The zero-order chi connectivity index (χ0) is 15.6. The van der Waals surface area contributed by atoms with Crippen molar-refractivity contribution in [3.8, 4) is 0 Å². The molecule has 114 valence electrons. The molecule has 0 amide bonds. The Kier molecular flexibility index (Phi) is 5.60. The first-order valence-corrected chi connectivity index (χ1v) is 8.50. The van der Waals surface area contributed by atoms with Gasteiger partial charge < -0.3 is 0 Å². The summed E-state index contributed by atoms with van der Waals surface area (Å²) in [5, 5.41) is 4.54. The van der Waals surface area contributed by atoms with Crippen LogP contribution in [0.25, 0.3) is 0 Å². The van der Waals surface area contributed by atoms with Crippen LogP contribution in [-0.2, 0) is 13.0 Å². The van der Waals surface area contributed by atoms with Gasteiger partial charge in [0.05, 0.1) is 21.9 Å². The fourth-order valence-electron chi connectivity index (χ4n) is 2.43. The zero-order valence-electron chi connectivity index (χ0n) is 12.5. The maximum atomic E-state index is 5.79. The minimum absolute atomic E-state index is 0.0256. The molecule has 3 N–H and O–H groups in total. The van der Waals surface area contributed by atoms with E-state index >= 15 is 0 Å². The van der Waals surface area contributed by atoms with Crippen LogP contribution >= 0.6 is 31.9 Å². The summed E-state index contributed by atoms with van der Waals surface area (Å²) in [6.07, 6.45) is 0.771. The topological polar surface area (TPSA) is 55.9 Å². The smallest absolute Gasteiger partial charge is 0.0738 e. The van der Waals surface area contributed by atoms with Crippen molar-refractivity contribution in [3.63, 3.8) is 0 Å². The number of nitrogens with zero attached hydrogens (tertiary/aromatic N) is 2. The number of aromatic nitrogens is 2. The lowest BCUT2D eigenvalue weighted by Crippen LogP contribution is -2.30. The third-order valence-electron chi connectivity index (χ3n) is 3.58. The molecule has 1 heterocycles. The average Bonchev–Trinajstić information content (AvgIpc) is 2.72. The maximum absolute atomic E-state index is 5.79. The van der Waals surface area contributed by atoms with Crippen molar-refractivity contribution < 1.29 is 0 Å². The van der Waals surface area contributed by atoms with Crippen LogP contribution < -0.4 is 11.3 Å². The number of rotatable bonds is 5. The maximum Gasteiger partial charge on any atom is 0.0738 e. The quantitative estimate of drug-likeness (QED) is 0.576. The molecule has 6 heteroatoms. The second-order valence-electron chi connectivity index (χ2n) is 5.11. The summed E-state index contributed by atoms with van der Waals surface area (Å²) in [5.74, 6) is 5.79. The Balaban J connectivity index is 2.35. The number of nitrogens with two attached hydrogens (primary N) is 1. The molecular weight excluding hydrogens is 396 g/mol. The van der Waals surface area contributed by atoms with Crippen LogP contribution in [0.4, 0.5) is 0 Å². The summed E-state index contributed by atoms with van der Waals surface area (Å²) in [6, 6.07) is 6.34. The van der Waals surface area contributed by atoms with Crippen LogP contribution in [0.3, 0.4) is 0 Å². The standard InChI is InChI=1S/C15H20Br2N4/c1-4-21-14(15(17)10(3)20-21)8-13(19-18)11-6-5-9(2)7-12(11)16/h5-7,13,19H,4,8,18H2,1-3H3. The van der Waals surface area contributed by atoms with E-state index in [9.17, 15) is 0 Å². The molecule has 1 aromatic carbocycles. The van der Waals surface area contributed by atoms with E-state index in [1.807, 2.05) is 11.6 Å². The Morgan fingerprint density at radius 1 is 1.33 bits per heavy atom. The zero-order valence-corrected chi connectivity index (χ0v) is 15.6. The Hall–Kier alpha value is -0.690. The van der Waals surface area contributed by atoms with E-state index in [0.29, 0.717) is 0 Å². The van der Waals surface area contributed by atoms with Gasteiger partial charge in [-0.3, -0.25) is 16.0 Å². The van der Waals surface area contributed by atoms with Crippen molar-refractivity contribution in [2.75, 3.05) is 0 Å². The summed E-state index contributed by atoms with van der Waals surface area (Å²) >= 11 is 7.27. The minimum Gasteiger partial charge on any atom is -0.271 e. The van der Waals surface area contributed by atoms with Crippen LogP contribution in [0.15, 0.2) is 27.1 Å². The number of aryl methyl sites for hydroxylation is 3. The first kappa shape index (κ1) is 16.7. The van der Waals surface area contributed by atoms with Gasteiger partial charge in [-0.1, -0.05) is 28.1 Å². The van der Waals surface area contributed by atoms with Gasteiger partial charge in [-0.05, 0) is 53.9 Å². The van der Waals surface area contributed by atoms with Crippen LogP contribution in [0.5, 0.6) is 0 Å². The predicted molar refractivity (Wildman–Crippen MR) is 93.0 cm³/mol. The van der Waals surface area contributed by atoms with E-state index in [2.05, 4.69) is 74.4 Å². The molecule has 0 aliphatic rings. The highest BCUT2D eigenvalue weighted by Gasteiger charge is 2.19. The van der Waals surface area contributed by atoms with Crippen LogP contribution in [0.2, 0.25) is 0 Å². The third-order valence-corrected chi connectivity index (χ3v) is 5.30. The summed E-state index contributed by atoms with van der Waals surface area (Å²) in [5.41, 5.74) is 7.45. The molecule has 2 rings (SSSR count). The van der Waals surface area contributed by atoms with Crippen LogP contribution in [0, 0.1) is 13.8 Å². The molecule has 0 aliphatic carbocycles. The molecule has 4 nitrogen and oxygen atoms in total. The highest BCUT2D eigenvalue weighted by molar-refractivity contribution is 9.10. The summed E-state index contributed by atoms with van der Waals surface area (Å²) < 4.78 is 4.15. The number of halogens is 2. The first-order chi connectivity index (χ1) is 9.97. The number of nitrogens with one attached hydrogen (secondary N) is 1. The van der Waals surface area contributed by atoms with Crippen molar-refractivity contribution >= 4 is 31.9 Å². The molecule has 1 aromatic heterocycles. The first-order valence-electron chi connectivity index (χ1n) is 6.91. The lowest BCUT2D eigenvalue weighted by molar-refractivity contribution is 0.514. The third kappa shape index (κ3) is 3.56. The van der Waals surface area contributed by atoms with E-state index in [1.165, 1.54) is 5.56 Å². The molecule has 1 unspecified atom stereocenters. The van der Waals surface area contributed by atoms with E-state index in [4.69, 9.17) is 5.84 Å². The van der Waals surface area contributed by atoms with Gasteiger partial charge in [0.15, 0.2) is 0 Å². The SMILES string of the molecule is CCn1nc(C)c(Br)c1CC(NN)c1ccc(C)cc1Br. The number of hydrazine groups is 1. The number of hydrogen-bond donors (Lipinski definition) is 2. The monoisotopic (exact) mass is 414 g/mol. The molecule has 2 aromatic rings. The summed E-state index contributed by atoms with van der Waals surface area (Å²) in [6.45, 7) is 7.02. The largest absolute Gasteiger partial charge is 0.271 e. The minimum atomic E-state index is 0.0256. The lowest BCUT2D eigenvalue weighted by Gasteiger charge is -2.19. The van der Waals surface area contributed by atoms with Crippen molar-refractivity contribution in [2.45, 2.75) is 39.8 Å². The van der Waals surface area contributed by atoms with Gasteiger partial charge in [-0.15, -0.1) is 0 Å². The van der Waals surface area contributed by atoms with Crippen molar-refractivity contribution in [1.29, 1.82) is 0 Å². The normalized spacial score (nSPS) is 12.7. The second-order valence-corrected chi connectivity index (χ2v) is 6.76. The Morgan fingerprint density at radius 2 is 2.05 bits per heavy atom. The van der Waals surface area contributed by atoms with E-state index < -0.39 is 0 Å². The van der Waals surface area contributed by atoms with Gasteiger partial charge in [0.25, 0.3) is 0 Å². The van der Waals surface area contributed by atoms with Crippen molar-refractivity contribution in [2.24, 2.45) is 5.84 Å². The average molecular weight is 416 g/mol. The highest BCUT2D eigenvalue weighted by Crippen LogP contribution is 2.30. The molecular formula is C15H20Br2N4. The summed E-state index contributed by atoms with van der Waals surface area (Å²) in [7, 11) is 0. The molecule has 0 bridgehead atoms. The second kappa shape index (κ2) is 7.05. The number of hydrogen-bond acceptors (Lipinski definition) is 3. The van der Waals surface area contributed by atoms with Crippen LogP contribution in [0.1, 0.15) is 35.5 Å². The molecule has 0 saturated carbocycles. The van der Waals surface area contributed by atoms with E-state index in [1.54, 1.807) is 0 Å². The van der Waals surface area contributed by atoms with Gasteiger partial charge in [0.2, 0.25) is 0 Å². The Labute approximate surface area is 142 Å². The van der Waals surface area contributed by atoms with E-state index in [0.717, 1.165) is 38.9 Å². The van der Waals surface area contributed by atoms with E-state index in [-0.39, 0.29) is 6.04 Å². The molecule has 0 saturated heterocycles. The van der Waals surface area contributed by atoms with Gasteiger partial charge in [-0.25, -0.2) is 0 Å². The van der Waals surface area contributed by atoms with Crippen molar-refractivity contribution in [1.82, 2.24) is 15.2 Å². The van der Waals surface area contributed by atoms with Gasteiger partial charge in [-0.2, -0.15) is 5.10 Å². The molecule has 0 spiro atoms. The van der Waals surface area contributed by atoms with Crippen LogP contribution in [-0.4, -0.2) is 9.78 Å². The highest BCUT2D eigenvalue weighted by atomic mass is 79.9. The van der Waals surface area contributed by atoms with Gasteiger partial charge in [0.1, 0.15) is 0 Å². The summed E-state index contributed by atoms with van der Waals surface area (Å²) in [4.78, 5) is 0. The predicted octanol–water partition coefficient (Wildman–Crippen LogP) is 3.79. The molecule has 0 aliphatic heterocycles. The fraction of sp³-hybridized carbons (Fsp3) is 0.400. The fourth-order valence-corrected chi connectivity index (χ4v) is 3.65. The molecule has 21 heavy (non-hydrogen) atoms. The molecule has 0 radical (unpaired) electrons. The molecule has 1 atom stereocenters. The van der Waals surface area contributed by atoms with Gasteiger partial charge in [0, 0.05) is 17.4 Å². The Morgan fingerprint density at radius 3 is 2.62 bits per heavy atom. The Bertz CT molecular complexity index is 637. The lowest BCUT2D eigenvalue weighted by atomic mass is 10.0. The molecule has 0 fully saturated rings. The van der Waals surface area contributed by atoms with Gasteiger partial charge >= 0.3 is 0 Å². The number of benzene rings is 1.